The van der Waals surface area contributed by atoms with E-state index in [9.17, 15) is 15.0 Å². The maximum atomic E-state index is 12.3. The van der Waals surface area contributed by atoms with Gasteiger partial charge in [0.05, 0.1) is 18.8 Å². The third-order valence-corrected chi connectivity index (χ3v) is 10.8. The molecule has 2 atom stereocenters. The number of hydrogen-bond donors (Lipinski definition) is 3. The van der Waals surface area contributed by atoms with Crippen molar-refractivity contribution in [2.75, 3.05) is 6.61 Å². The van der Waals surface area contributed by atoms with Gasteiger partial charge in [-0.15, -0.1) is 0 Å². The first-order chi connectivity index (χ1) is 29.2. The second-order valence-corrected chi connectivity index (χ2v) is 16.5. The van der Waals surface area contributed by atoms with Crippen LogP contribution in [0.25, 0.3) is 0 Å². The summed E-state index contributed by atoms with van der Waals surface area (Å²) in [6.07, 6.45) is 74.3. The van der Waals surface area contributed by atoms with Crippen LogP contribution in [0.1, 0.15) is 226 Å². The van der Waals surface area contributed by atoms with Crippen LogP contribution in [-0.4, -0.2) is 34.9 Å². The molecular weight excluding hydrogens is 723 g/mol. The molecule has 4 heteroatoms. The highest BCUT2D eigenvalue weighted by Crippen LogP contribution is 2.16. The average Bonchev–Trinajstić information content (AvgIpc) is 3.24. The molecule has 2 unspecified atom stereocenters. The average molecular weight is 818 g/mol. The molecular formula is C55H95NO3. The topological polar surface area (TPSA) is 69.6 Å². The van der Waals surface area contributed by atoms with Gasteiger partial charge in [0.25, 0.3) is 0 Å². The summed E-state index contributed by atoms with van der Waals surface area (Å²) < 4.78 is 0. The Labute approximate surface area is 366 Å². The molecule has 0 rings (SSSR count). The van der Waals surface area contributed by atoms with Gasteiger partial charge in [0.15, 0.2) is 0 Å². The van der Waals surface area contributed by atoms with Crippen molar-refractivity contribution in [1.82, 2.24) is 5.32 Å². The number of carbonyl (C=O) groups excluding carboxylic acids is 1. The zero-order chi connectivity index (χ0) is 42.8. The largest absolute Gasteiger partial charge is 0.394 e. The lowest BCUT2D eigenvalue weighted by Gasteiger charge is -2.19. The van der Waals surface area contributed by atoms with Gasteiger partial charge in [0, 0.05) is 6.42 Å². The predicted molar refractivity (Wildman–Crippen MR) is 262 cm³/mol. The SMILES string of the molecule is CC/C=C\C/C=C\C/C=C\C/C=C\C/C=C\C/C=C\CCCCCCCCCCCCCCCCCCCCCCC(=O)NC(CO)C(O)/C=C/CC/C=C/CCCC. The van der Waals surface area contributed by atoms with Crippen LogP contribution in [0.4, 0.5) is 0 Å². The highest BCUT2D eigenvalue weighted by Gasteiger charge is 2.17. The first-order valence-corrected chi connectivity index (χ1v) is 25.0. The van der Waals surface area contributed by atoms with E-state index in [1.807, 2.05) is 6.08 Å². The third-order valence-electron chi connectivity index (χ3n) is 10.8. The molecule has 59 heavy (non-hydrogen) atoms. The molecule has 0 radical (unpaired) electrons. The fourth-order valence-electron chi connectivity index (χ4n) is 7.01. The smallest absolute Gasteiger partial charge is 0.220 e. The predicted octanol–water partition coefficient (Wildman–Crippen LogP) is 16.2. The Morgan fingerprint density at radius 1 is 0.424 bits per heavy atom. The van der Waals surface area contributed by atoms with Gasteiger partial charge in [-0.2, -0.15) is 0 Å². The van der Waals surface area contributed by atoms with E-state index in [-0.39, 0.29) is 12.5 Å². The summed E-state index contributed by atoms with van der Waals surface area (Å²) in [5, 5.41) is 22.8. The summed E-state index contributed by atoms with van der Waals surface area (Å²) in [6.45, 7) is 4.10. The van der Waals surface area contributed by atoms with Crippen molar-refractivity contribution < 1.29 is 15.0 Å². The zero-order valence-corrected chi connectivity index (χ0v) is 38.7. The van der Waals surface area contributed by atoms with Crippen LogP contribution in [0.5, 0.6) is 0 Å². The Kier molecular flexibility index (Phi) is 47.4. The van der Waals surface area contributed by atoms with Crippen LogP contribution < -0.4 is 5.32 Å². The summed E-state index contributed by atoms with van der Waals surface area (Å²) in [6, 6.07) is -0.638. The zero-order valence-electron chi connectivity index (χ0n) is 38.7. The molecule has 3 N–H and O–H groups in total. The van der Waals surface area contributed by atoms with E-state index in [0.717, 1.165) is 70.6 Å². The second kappa shape index (κ2) is 49.7. The molecule has 0 aromatic heterocycles. The minimum absolute atomic E-state index is 0.0787. The molecule has 0 fully saturated rings. The van der Waals surface area contributed by atoms with Crippen molar-refractivity contribution in [1.29, 1.82) is 0 Å². The van der Waals surface area contributed by atoms with Gasteiger partial charge in [-0.3, -0.25) is 4.79 Å². The number of amides is 1. The molecule has 4 nitrogen and oxygen atoms in total. The molecule has 0 aromatic carbocycles. The number of carbonyl (C=O) groups is 1. The number of allylic oxidation sites excluding steroid dienone is 15. The van der Waals surface area contributed by atoms with Gasteiger partial charge in [0.2, 0.25) is 5.91 Å². The number of unbranched alkanes of at least 4 members (excludes halogenated alkanes) is 23. The van der Waals surface area contributed by atoms with Crippen LogP contribution in [0.2, 0.25) is 0 Å². The number of rotatable bonds is 44. The van der Waals surface area contributed by atoms with Gasteiger partial charge >= 0.3 is 0 Å². The molecule has 0 bridgehead atoms. The van der Waals surface area contributed by atoms with Gasteiger partial charge in [-0.05, 0) is 77.0 Å². The summed E-state index contributed by atoms with van der Waals surface area (Å²) >= 11 is 0. The molecule has 0 heterocycles. The summed E-state index contributed by atoms with van der Waals surface area (Å²) in [5.74, 6) is -0.0787. The molecule has 338 valence electrons. The normalized spacial score (nSPS) is 13.8. The Morgan fingerprint density at radius 2 is 0.763 bits per heavy atom. The van der Waals surface area contributed by atoms with Gasteiger partial charge in [-0.1, -0.05) is 239 Å². The van der Waals surface area contributed by atoms with Crippen LogP contribution in [-0.2, 0) is 4.79 Å². The van der Waals surface area contributed by atoms with Gasteiger partial charge in [0.1, 0.15) is 0 Å². The van der Waals surface area contributed by atoms with Crippen LogP contribution in [0.3, 0.4) is 0 Å². The third kappa shape index (κ3) is 46.2. The monoisotopic (exact) mass is 818 g/mol. The van der Waals surface area contributed by atoms with Gasteiger partial charge in [-0.25, -0.2) is 0 Å². The minimum atomic E-state index is -0.861. The lowest BCUT2D eigenvalue weighted by molar-refractivity contribution is -0.123. The van der Waals surface area contributed by atoms with Crippen LogP contribution >= 0.6 is 0 Å². The van der Waals surface area contributed by atoms with Crippen molar-refractivity contribution in [2.45, 2.75) is 238 Å². The Balaban J connectivity index is 3.44. The van der Waals surface area contributed by atoms with E-state index in [1.165, 1.54) is 135 Å². The number of nitrogens with one attached hydrogen (secondary N) is 1. The molecule has 0 saturated carbocycles. The van der Waals surface area contributed by atoms with Crippen molar-refractivity contribution in [2.24, 2.45) is 0 Å². The molecule has 0 aliphatic heterocycles. The number of aliphatic hydroxyl groups excluding tert-OH is 2. The first-order valence-electron chi connectivity index (χ1n) is 25.0. The molecule has 0 aliphatic rings. The van der Waals surface area contributed by atoms with E-state index in [1.54, 1.807) is 6.08 Å². The summed E-state index contributed by atoms with van der Waals surface area (Å²) in [4.78, 5) is 12.3. The van der Waals surface area contributed by atoms with E-state index < -0.39 is 12.1 Å². The minimum Gasteiger partial charge on any atom is -0.394 e. The highest BCUT2D eigenvalue weighted by atomic mass is 16.3. The fraction of sp³-hybridized carbons (Fsp3) is 0.691. The Morgan fingerprint density at radius 3 is 1.19 bits per heavy atom. The standard InChI is InChI=1S/C55H95NO3/c1-3-5-7-9-11-13-14-15-16-17-18-19-20-21-22-23-24-25-26-27-28-29-30-31-32-33-34-35-36-37-38-39-40-41-42-43-45-47-49-51-55(59)56-53(52-57)54(58)50-48-46-44-12-10-8-6-4-2/h5,7,10-13,15-16,18-19,21-22,24-25,48,50,53-54,57-58H,3-4,6,8-9,14,17,20,23,26-47,49,51-52H2,1-2H3,(H,56,59)/b7-5-,12-10+,13-11-,16-15-,19-18-,22-21-,25-24-,50-48+. The number of aliphatic hydroxyl groups is 2. The highest BCUT2D eigenvalue weighted by molar-refractivity contribution is 5.76. The Bertz CT molecular complexity index is 1110. The van der Waals surface area contributed by atoms with E-state index in [4.69, 9.17) is 0 Å². The quantitative estimate of drug-likeness (QED) is 0.0424. The molecule has 0 spiro atoms. The maximum absolute atomic E-state index is 12.3. The van der Waals surface area contributed by atoms with Crippen molar-refractivity contribution in [3.05, 3.63) is 97.2 Å². The summed E-state index contributed by atoms with van der Waals surface area (Å²) in [5.41, 5.74) is 0. The molecule has 0 aliphatic carbocycles. The van der Waals surface area contributed by atoms with Gasteiger partial charge < -0.3 is 15.5 Å². The lowest BCUT2D eigenvalue weighted by Crippen LogP contribution is -2.45. The molecule has 0 aromatic rings. The van der Waals surface area contributed by atoms with E-state index in [2.05, 4.69) is 104 Å². The van der Waals surface area contributed by atoms with Crippen molar-refractivity contribution in [3.8, 4) is 0 Å². The van der Waals surface area contributed by atoms with Crippen molar-refractivity contribution in [3.63, 3.8) is 0 Å². The van der Waals surface area contributed by atoms with Crippen LogP contribution in [0.15, 0.2) is 97.2 Å². The maximum Gasteiger partial charge on any atom is 0.220 e. The fourth-order valence-corrected chi connectivity index (χ4v) is 7.01. The summed E-state index contributed by atoms with van der Waals surface area (Å²) in [7, 11) is 0. The number of hydrogen-bond acceptors (Lipinski definition) is 3. The molecule has 0 saturated heterocycles. The lowest BCUT2D eigenvalue weighted by atomic mass is 10.0. The molecule has 1 amide bonds. The Hall–Kier alpha value is -2.69. The van der Waals surface area contributed by atoms with Crippen LogP contribution in [0, 0.1) is 0 Å². The first kappa shape index (κ1) is 56.3. The van der Waals surface area contributed by atoms with Crippen molar-refractivity contribution >= 4 is 5.91 Å². The van der Waals surface area contributed by atoms with E-state index in [0.29, 0.717) is 6.42 Å². The van der Waals surface area contributed by atoms with E-state index >= 15 is 0 Å². The second-order valence-electron chi connectivity index (χ2n) is 16.5.